The van der Waals surface area contributed by atoms with Crippen molar-refractivity contribution in [2.45, 2.75) is 0 Å². The Labute approximate surface area is 175 Å². The summed E-state index contributed by atoms with van der Waals surface area (Å²) < 4.78 is 6.28. The van der Waals surface area contributed by atoms with Gasteiger partial charge in [0.2, 0.25) is 0 Å². The monoisotopic (exact) mass is 463 g/mol. The lowest BCUT2D eigenvalue weighted by Crippen LogP contribution is -2.32. The van der Waals surface area contributed by atoms with Crippen LogP contribution in [0, 0.1) is 0 Å². The van der Waals surface area contributed by atoms with Crippen LogP contribution in [0.5, 0.6) is 5.75 Å². The van der Waals surface area contributed by atoms with E-state index in [0.29, 0.717) is 20.2 Å². The van der Waals surface area contributed by atoms with Crippen LogP contribution in [-0.2, 0) is 4.79 Å². The second-order valence-electron chi connectivity index (χ2n) is 5.55. The van der Waals surface area contributed by atoms with Gasteiger partial charge in [-0.25, -0.2) is 0 Å². The van der Waals surface area contributed by atoms with Crippen molar-refractivity contribution in [3.63, 3.8) is 0 Å². The molecule has 0 saturated carbocycles. The zero-order valence-corrected chi connectivity index (χ0v) is 17.3. The largest absolute Gasteiger partial charge is 0.490 e. The molecule has 2 amide bonds. The van der Waals surface area contributed by atoms with E-state index in [1.165, 1.54) is 4.90 Å². The summed E-state index contributed by atoms with van der Waals surface area (Å²) in [6, 6.07) is 16.8. The highest BCUT2D eigenvalue weighted by atomic mass is 79.9. The van der Waals surface area contributed by atoms with E-state index in [-0.39, 0.29) is 24.3 Å². The van der Waals surface area contributed by atoms with Gasteiger partial charge in [0.15, 0.2) is 0 Å². The number of benzene rings is 2. The fourth-order valence-electron chi connectivity index (χ4n) is 2.38. The Morgan fingerprint density at radius 3 is 2.56 bits per heavy atom. The van der Waals surface area contributed by atoms with Crippen LogP contribution in [0.25, 0.3) is 6.08 Å². The molecule has 0 aliphatic carbocycles. The molecule has 0 unspecified atom stereocenters. The first-order valence-corrected chi connectivity index (χ1v) is 10.1. The summed E-state index contributed by atoms with van der Waals surface area (Å²) in [6.45, 7) is 0.337. The van der Waals surface area contributed by atoms with Gasteiger partial charge in [0, 0.05) is 4.48 Å². The molecule has 27 heavy (non-hydrogen) atoms. The van der Waals surface area contributed by atoms with Crippen molar-refractivity contribution in [2.24, 2.45) is 0 Å². The molecule has 0 spiro atoms. The molecule has 0 aromatic heterocycles. The van der Waals surface area contributed by atoms with Crippen molar-refractivity contribution >= 4 is 56.5 Å². The van der Waals surface area contributed by atoms with Crippen LogP contribution in [0.3, 0.4) is 0 Å². The average Bonchev–Trinajstić information content (AvgIpc) is 2.91. The SMILES string of the molecule is O=C1S/C(=C\C(Br)=C\c2ccccc2)C(=O)N1CCOc1ccccc1Cl. The number of imide groups is 1. The van der Waals surface area contributed by atoms with Crippen LogP contribution in [0.15, 0.2) is 70.1 Å². The van der Waals surface area contributed by atoms with Crippen molar-refractivity contribution in [1.29, 1.82) is 0 Å². The maximum Gasteiger partial charge on any atom is 0.293 e. The van der Waals surface area contributed by atoms with Crippen LogP contribution in [0.4, 0.5) is 4.79 Å². The number of amides is 2. The van der Waals surface area contributed by atoms with E-state index >= 15 is 0 Å². The third-order valence-electron chi connectivity index (χ3n) is 3.66. The summed E-state index contributed by atoms with van der Waals surface area (Å²) >= 11 is 10.4. The van der Waals surface area contributed by atoms with Gasteiger partial charge in [-0.3, -0.25) is 14.5 Å². The van der Waals surface area contributed by atoms with Gasteiger partial charge in [-0.1, -0.05) is 70.0 Å². The minimum atomic E-state index is -0.328. The highest BCUT2D eigenvalue weighted by molar-refractivity contribution is 9.12. The number of thioether (sulfide) groups is 1. The van der Waals surface area contributed by atoms with Crippen LogP contribution in [0.2, 0.25) is 5.02 Å². The van der Waals surface area contributed by atoms with Gasteiger partial charge in [0.05, 0.1) is 16.5 Å². The van der Waals surface area contributed by atoms with Crippen molar-refractivity contribution in [2.75, 3.05) is 13.2 Å². The number of allylic oxidation sites excluding steroid dienone is 2. The van der Waals surface area contributed by atoms with Gasteiger partial charge in [-0.2, -0.15) is 0 Å². The fraction of sp³-hybridized carbons (Fsp3) is 0.100. The summed E-state index contributed by atoms with van der Waals surface area (Å²) in [6.07, 6.45) is 3.54. The van der Waals surface area contributed by atoms with Gasteiger partial charge in [0.1, 0.15) is 12.4 Å². The van der Waals surface area contributed by atoms with Crippen molar-refractivity contribution < 1.29 is 14.3 Å². The molecule has 3 rings (SSSR count). The third-order valence-corrected chi connectivity index (χ3v) is 5.33. The van der Waals surface area contributed by atoms with E-state index in [4.69, 9.17) is 16.3 Å². The molecule has 0 radical (unpaired) electrons. The molecule has 0 bridgehead atoms. The normalized spacial score (nSPS) is 16.3. The standard InChI is InChI=1S/C20H15BrClNO3S/c21-15(12-14-6-2-1-3-7-14)13-18-19(24)23(20(25)27-18)10-11-26-17-9-5-4-8-16(17)22/h1-9,12-13H,10-11H2/b15-12-,18-13-. The molecule has 4 nitrogen and oxygen atoms in total. The number of halogens is 2. The molecule has 1 heterocycles. The Morgan fingerprint density at radius 1 is 1.11 bits per heavy atom. The van der Waals surface area contributed by atoms with E-state index in [1.807, 2.05) is 36.4 Å². The molecule has 1 aliphatic heterocycles. The van der Waals surface area contributed by atoms with E-state index in [2.05, 4.69) is 15.9 Å². The average molecular weight is 465 g/mol. The molecule has 0 N–H and O–H groups in total. The molecule has 0 atom stereocenters. The number of hydrogen-bond acceptors (Lipinski definition) is 4. The van der Waals surface area contributed by atoms with E-state index in [1.54, 1.807) is 30.3 Å². The molecule has 1 saturated heterocycles. The second-order valence-corrected chi connectivity index (χ2v) is 7.87. The Balaban J connectivity index is 1.62. The minimum absolute atomic E-state index is 0.160. The lowest BCUT2D eigenvalue weighted by atomic mass is 10.2. The number of para-hydroxylation sites is 1. The first-order valence-electron chi connectivity index (χ1n) is 8.09. The van der Waals surface area contributed by atoms with Gasteiger partial charge in [-0.05, 0) is 41.6 Å². The first-order chi connectivity index (χ1) is 13.0. The molecule has 7 heteroatoms. The summed E-state index contributed by atoms with van der Waals surface area (Å²) in [4.78, 5) is 26.2. The summed E-state index contributed by atoms with van der Waals surface area (Å²) in [5, 5.41) is 0.176. The third kappa shape index (κ3) is 5.25. The zero-order chi connectivity index (χ0) is 19.2. The number of hydrogen-bond donors (Lipinski definition) is 0. The van der Waals surface area contributed by atoms with Crippen molar-refractivity contribution in [3.8, 4) is 5.75 Å². The maximum absolute atomic E-state index is 12.5. The first kappa shape index (κ1) is 19.7. The summed E-state index contributed by atoms with van der Waals surface area (Å²) in [5.41, 5.74) is 0.994. The molecule has 1 aliphatic rings. The van der Waals surface area contributed by atoms with E-state index in [0.717, 1.165) is 17.3 Å². The number of carbonyl (C=O) groups excluding carboxylic acids is 2. The molecule has 138 valence electrons. The molecular formula is C20H15BrClNO3S. The summed E-state index contributed by atoms with van der Waals surface area (Å²) in [5.74, 6) is 0.196. The van der Waals surface area contributed by atoms with Crippen LogP contribution >= 0.6 is 39.3 Å². The maximum atomic E-state index is 12.5. The lowest BCUT2D eigenvalue weighted by Gasteiger charge is -2.13. The minimum Gasteiger partial charge on any atom is -0.490 e. The van der Waals surface area contributed by atoms with Crippen LogP contribution < -0.4 is 4.74 Å². The topological polar surface area (TPSA) is 46.6 Å². The highest BCUT2D eigenvalue weighted by Gasteiger charge is 2.34. The van der Waals surface area contributed by atoms with Crippen molar-refractivity contribution in [1.82, 2.24) is 4.90 Å². The van der Waals surface area contributed by atoms with Gasteiger partial charge in [0.25, 0.3) is 11.1 Å². The Hall–Kier alpha value is -2.02. The number of nitrogens with zero attached hydrogens (tertiary/aromatic N) is 1. The zero-order valence-electron chi connectivity index (χ0n) is 14.1. The summed E-state index contributed by atoms with van der Waals surface area (Å²) in [7, 11) is 0. The molecular weight excluding hydrogens is 450 g/mol. The predicted molar refractivity (Wildman–Crippen MR) is 113 cm³/mol. The number of rotatable bonds is 6. The molecule has 2 aromatic carbocycles. The number of ether oxygens (including phenoxy) is 1. The quantitative estimate of drug-likeness (QED) is 0.512. The van der Waals surface area contributed by atoms with Gasteiger partial charge < -0.3 is 4.74 Å². The lowest BCUT2D eigenvalue weighted by molar-refractivity contribution is -0.123. The number of carbonyl (C=O) groups is 2. The van der Waals surface area contributed by atoms with Crippen molar-refractivity contribution in [3.05, 3.63) is 80.6 Å². The highest BCUT2D eigenvalue weighted by Crippen LogP contribution is 2.32. The van der Waals surface area contributed by atoms with Crippen LogP contribution in [-0.4, -0.2) is 29.2 Å². The molecule has 2 aromatic rings. The van der Waals surface area contributed by atoms with E-state index < -0.39 is 0 Å². The smallest absolute Gasteiger partial charge is 0.293 e. The predicted octanol–water partition coefficient (Wildman–Crippen LogP) is 5.73. The fourth-order valence-corrected chi connectivity index (χ4v) is 4.07. The Morgan fingerprint density at radius 2 is 1.81 bits per heavy atom. The second kappa shape index (κ2) is 9.26. The van der Waals surface area contributed by atoms with E-state index in [9.17, 15) is 9.59 Å². The Bertz CT molecular complexity index is 914. The Kier molecular flexibility index (Phi) is 6.77. The van der Waals surface area contributed by atoms with Crippen LogP contribution in [0.1, 0.15) is 5.56 Å². The molecule has 1 fully saturated rings. The van der Waals surface area contributed by atoms with Gasteiger partial charge >= 0.3 is 0 Å². The van der Waals surface area contributed by atoms with Gasteiger partial charge in [-0.15, -0.1) is 0 Å².